The number of anilines is 1. The van der Waals surface area contributed by atoms with Crippen molar-refractivity contribution in [3.05, 3.63) is 107 Å². The van der Waals surface area contributed by atoms with Crippen LogP contribution < -0.4 is 11.2 Å². The maximum absolute atomic E-state index is 12.3. The van der Waals surface area contributed by atoms with E-state index in [1.165, 1.54) is 0 Å². The molecule has 3 N–H and O–H groups in total. The molecule has 1 aromatic heterocycles. The average molecular weight is 409 g/mol. The van der Waals surface area contributed by atoms with Gasteiger partial charge in [-0.05, 0) is 42.8 Å². The van der Waals surface area contributed by atoms with Crippen LogP contribution in [0.2, 0.25) is 0 Å². The summed E-state index contributed by atoms with van der Waals surface area (Å²) >= 11 is 0. The third-order valence-electron chi connectivity index (χ3n) is 4.81. The molecule has 0 saturated heterocycles. The van der Waals surface area contributed by atoms with E-state index >= 15 is 0 Å². The van der Waals surface area contributed by atoms with E-state index in [0.29, 0.717) is 17.8 Å². The van der Waals surface area contributed by atoms with Crippen LogP contribution in [-0.2, 0) is 6.54 Å². The van der Waals surface area contributed by atoms with Crippen molar-refractivity contribution >= 4 is 17.8 Å². The van der Waals surface area contributed by atoms with Crippen LogP contribution in [0.25, 0.3) is 11.3 Å². The van der Waals surface area contributed by atoms with Crippen molar-refractivity contribution in [3.63, 3.8) is 0 Å². The number of aromatic nitrogens is 2. The lowest BCUT2D eigenvalue weighted by atomic mass is 10.1. The van der Waals surface area contributed by atoms with Gasteiger partial charge in [0.2, 0.25) is 0 Å². The molecule has 154 valence electrons. The first kappa shape index (κ1) is 20.1. The third-order valence-corrected chi connectivity index (χ3v) is 4.81. The summed E-state index contributed by atoms with van der Waals surface area (Å²) in [4.78, 5) is 12.3. The summed E-state index contributed by atoms with van der Waals surface area (Å²) in [5.41, 5.74) is 14.3. The first-order valence-electron chi connectivity index (χ1n) is 9.96. The van der Waals surface area contributed by atoms with Gasteiger partial charge in [-0.2, -0.15) is 10.2 Å². The standard InChI is InChI=1S/C25H23N5O/c1-18-6-5-9-21(14-18)24-22(17-30(29-24)16-19-7-3-2-4-8-19)15-27-28-25(31)20-10-12-23(26)13-11-20/h2-15,17H,16,26H2,1H3,(H,28,31)/b27-15-. The van der Waals surface area contributed by atoms with Crippen LogP contribution in [0.5, 0.6) is 0 Å². The fourth-order valence-electron chi connectivity index (χ4n) is 3.26. The highest BCUT2D eigenvalue weighted by Gasteiger charge is 2.11. The number of hydrogen-bond donors (Lipinski definition) is 2. The van der Waals surface area contributed by atoms with E-state index < -0.39 is 0 Å². The highest BCUT2D eigenvalue weighted by atomic mass is 16.2. The van der Waals surface area contributed by atoms with Gasteiger partial charge in [0.15, 0.2) is 0 Å². The molecule has 0 saturated carbocycles. The van der Waals surface area contributed by atoms with E-state index in [2.05, 4.69) is 28.7 Å². The molecule has 0 atom stereocenters. The second-order valence-electron chi connectivity index (χ2n) is 7.31. The predicted octanol–water partition coefficient (Wildman–Crippen LogP) is 4.25. The summed E-state index contributed by atoms with van der Waals surface area (Å²) in [7, 11) is 0. The molecule has 0 fully saturated rings. The summed E-state index contributed by atoms with van der Waals surface area (Å²) in [6.45, 7) is 2.69. The van der Waals surface area contributed by atoms with Crippen molar-refractivity contribution in [1.29, 1.82) is 0 Å². The molecule has 0 bridgehead atoms. The van der Waals surface area contributed by atoms with Gasteiger partial charge in [0.05, 0.1) is 12.8 Å². The summed E-state index contributed by atoms with van der Waals surface area (Å²) in [6, 6.07) is 25.0. The van der Waals surface area contributed by atoms with E-state index in [0.717, 1.165) is 27.9 Å². The summed E-state index contributed by atoms with van der Waals surface area (Å²) in [5, 5.41) is 8.94. The lowest BCUT2D eigenvalue weighted by molar-refractivity contribution is 0.0955. The van der Waals surface area contributed by atoms with Gasteiger partial charge in [-0.15, -0.1) is 0 Å². The fraction of sp³-hybridized carbons (Fsp3) is 0.0800. The Morgan fingerprint density at radius 1 is 1.06 bits per heavy atom. The molecule has 3 aromatic carbocycles. The molecule has 0 spiro atoms. The molecule has 0 aliphatic rings. The van der Waals surface area contributed by atoms with Gasteiger partial charge < -0.3 is 5.73 Å². The number of nitrogens with zero attached hydrogens (tertiary/aromatic N) is 3. The Balaban J connectivity index is 1.59. The Bertz CT molecular complexity index is 1210. The normalized spacial score (nSPS) is 11.0. The molecule has 6 heteroatoms. The minimum Gasteiger partial charge on any atom is -0.399 e. The number of aryl methyl sites for hydroxylation is 1. The molecule has 1 heterocycles. The second kappa shape index (κ2) is 9.09. The number of carbonyl (C=O) groups excluding carboxylic acids is 1. The van der Waals surface area contributed by atoms with Crippen LogP contribution in [0.3, 0.4) is 0 Å². The smallest absolute Gasteiger partial charge is 0.271 e. The summed E-state index contributed by atoms with van der Waals surface area (Å²) in [6.07, 6.45) is 3.56. The molecule has 1 amide bonds. The third kappa shape index (κ3) is 5.05. The van der Waals surface area contributed by atoms with Gasteiger partial charge in [-0.25, -0.2) is 5.43 Å². The minimum absolute atomic E-state index is 0.301. The Morgan fingerprint density at radius 2 is 1.84 bits per heavy atom. The van der Waals surface area contributed by atoms with E-state index in [9.17, 15) is 4.79 Å². The number of benzene rings is 3. The van der Waals surface area contributed by atoms with Crippen LogP contribution >= 0.6 is 0 Å². The maximum Gasteiger partial charge on any atom is 0.271 e. The first-order chi connectivity index (χ1) is 15.1. The van der Waals surface area contributed by atoms with Gasteiger partial charge in [0.25, 0.3) is 5.91 Å². The van der Waals surface area contributed by atoms with E-state index in [4.69, 9.17) is 10.8 Å². The molecule has 0 radical (unpaired) electrons. The van der Waals surface area contributed by atoms with E-state index in [1.54, 1.807) is 30.5 Å². The lowest BCUT2D eigenvalue weighted by Crippen LogP contribution is -2.17. The van der Waals surface area contributed by atoms with Crippen molar-refractivity contribution in [2.75, 3.05) is 5.73 Å². The van der Waals surface area contributed by atoms with Crippen molar-refractivity contribution in [1.82, 2.24) is 15.2 Å². The number of hydrogen-bond acceptors (Lipinski definition) is 4. The summed E-state index contributed by atoms with van der Waals surface area (Å²) < 4.78 is 1.89. The van der Waals surface area contributed by atoms with Crippen molar-refractivity contribution in [3.8, 4) is 11.3 Å². The predicted molar refractivity (Wildman–Crippen MR) is 124 cm³/mol. The van der Waals surface area contributed by atoms with Crippen molar-refractivity contribution < 1.29 is 4.79 Å². The van der Waals surface area contributed by atoms with E-state index in [1.807, 2.05) is 54.2 Å². The zero-order chi connectivity index (χ0) is 21.6. The topological polar surface area (TPSA) is 85.3 Å². The quantitative estimate of drug-likeness (QED) is 0.284. The lowest BCUT2D eigenvalue weighted by Gasteiger charge is -2.02. The largest absolute Gasteiger partial charge is 0.399 e. The molecule has 6 nitrogen and oxygen atoms in total. The number of nitrogens with one attached hydrogen (secondary N) is 1. The monoisotopic (exact) mass is 409 g/mol. The van der Waals surface area contributed by atoms with Crippen LogP contribution in [0.15, 0.2) is 90.2 Å². The van der Waals surface area contributed by atoms with E-state index in [-0.39, 0.29) is 5.91 Å². The number of nitrogens with two attached hydrogens (primary N) is 1. The first-order valence-corrected chi connectivity index (χ1v) is 9.96. The van der Waals surface area contributed by atoms with Gasteiger partial charge in [-0.1, -0.05) is 54.1 Å². The molecule has 0 aliphatic carbocycles. The number of amides is 1. The Morgan fingerprint density at radius 3 is 2.58 bits per heavy atom. The fourth-order valence-corrected chi connectivity index (χ4v) is 3.26. The molecule has 31 heavy (non-hydrogen) atoms. The minimum atomic E-state index is -0.301. The highest BCUT2D eigenvalue weighted by Crippen LogP contribution is 2.22. The molecule has 0 unspecified atom stereocenters. The number of carbonyl (C=O) groups is 1. The van der Waals surface area contributed by atoms with Crippen LogP contribution in [0.1, 0.15) is 27.0 Å². The van der Waals surface area contributed by atoms with Gasteiger partial charge in [-0.3, -0.25) is 9.48 Å². The molecular formula is C25H23N5O. The Kier molecular flexibility index (Phi) is 5.89. The van der Waals surface area contributed by atoms with Crippen LogP contribution in [0, 0.1) is 6.92 Å². The Hall–Kier alpha value is -4.19. The second-order valence-corrected chi connectivity index (χ2v) is 7.31. The van der Waals surface area contributed by atoms with Gasteiger partial charge in [0, 0.05) is 28.6 Å². The molecule has 4 rings (SSSR count). The number of rotatable bonds is 6. The highest BCUT2D eigenvalue weighted by molar-refractivity contribution is 5.95. The van der Waals surface area contributed by atoms with Crippen molar-refractivity contribution in [2.24, 2.45) is 5.10 Å². The molecular weight excluding hydrogens is 386 g/mol. The van der Waals surface area contributed by atoms with Crippen molar-refractivity contribution in [2.45, 2.75) is 13.5 Å². The SMILES string of the molecule is Cc1cccc(-c2nn(Cc3ccccc3)cc2/C=N\NC(=O)c2ccc(N)cc2)c1. The van der Waals surface area contributed by atoms with Crippen LogP contribution in [-0.4, -0.2) is 21.9 Å². The zero-order valence-electron chi connectivity index (χ0n) is 17.2. The van der Waals surface area contributed by atoms with Gasteiger partial charge >= 0.3 is 0 Å². The average Bonchev–Trinajstić information content (AvgIpc) is 3.17. The summed E-state index contributed by atoms with van der Waals surface area (Å²) in [5.74, 6) is -0.301. The zero-order valence-corrected chi connectivity index (χ0v) is 17.2. The maximum atomic E-state index is 12.3. The molecule has 4 aromatic rings. The Labute approximate surface area is 181 Å². The molecule has 0 aliphatic heterocycles. The van der Waals surface area contributed by atoms with Crippen LogP contribution in [0.4, 0.5) is 5.69 Å². The number of hydrazone groups is 1. The van der Waals surface area contributed by atoms with Gasteiger partial charge in [0.1, 0.15) is 5.69 Å². The number of nitrogen functional groups attached to an aromatic ring is 1.